The molecule has 11 heteroatoms. The van der Waals surface area contributed by atoms with Crippen molar-refractivity contribution in [1.82, 2.24) is 14.5 Å². The third kappa shape index (κ3) is 4.98. The summed E-state index contributed by atoms with van der Waals surface area (Å²) in [6.45, 7) is 0.156. The van der Waals surface area contributed by atoms with Crippen LogP contribution in [-0.2, 0) is 14.8 Å². The van der Waals surface area contributed by atoms with Gasteiger partial charge in [-0.3, -0.25) is 4.79 Å². The summed E-state index contributed by atoms with van der Waals surface area (Å²) < 4.78 is 38.9. The van der Waals surface area contributed by atoms with Crippen LogP contribution in [0.5, 0.6) is 0 Å². The zero-order valence-electron chi connectivity index (χ0n) is 14.8. The molecule has 1 aromatic carbocycles. The summed E-state index contributed by atoms with van der Waals surface area (Å²) in [5.41, 5.74) is 0.954. The number of halogens is 1. The van der Waals surface area contributed by atoms with Crippen molar-refractivity contribution in [3.05, 3.63) is 46.9 Å². The highest BCUT2D eigenvalue weighted by molar-refractivity contribution is 7.89. The zero-order valence-corrected chi connectivity index (χ0v) is 17.3. The van der Waals surface area contributed by atoms with Crippen LogP contribution in [0, 0.1) is 5.82 Å². The molecular weight excluding hydrogens is 423 g/mol. The number of rotatable bonds is 8. The van der Waals surface area contributed by atoms with Crippen molar-refractivity contribution in [2.24, 2.45) is 0 Å². The lowest BCUT2D eigenvalue weighted by Crippen LogP contribution is -2.28. The van der Waals surface area contributed by atoms with E-state index in [4.69, 9.17) is 0 Å². The standard InChI is InChI=1S/C17H17FN4O3S3/c1-22(28(24,25)14-6-4-13(18)5-7-14)9-2-3-15(23)19-17-21-20-16(27-17)12-8-10-26-11-12/h4-8,10-11H,2-3,9H2,1H3,(H,19,21,23). The molecule has 0 aliphatic carbocycles. The summed E-state index contributed by atoms with van der Waals surface area (Å²) in [4.78, 5) is 12.1. The number of thiophene rings is 1. The molecule has 0 spiro atoms. The predicted molar refractivity (Wildman–Crippen MR) is 107 cm³/mol. The monoisotopic (exact) mass is 440 g/mol. The molecule has 0 aliphatic heterocycles. The second kappa shape index (κ2) is 8.86. The highest BCUT2D eigenvalue weighted by Crippen LogP contribution is 2.27. The van der Waals surface area contributed by atoms with Crippen LogP contribution >= 0.6 is 22.7 Å². The average molecular weight is 441 g/mol. The molecule has 148 valence electrons. The number of aromatic nitrogens is 2. The fourth-order valence-corrected chi connectivity index (χ4v) is 5.01. The molecule has 28 heavy (non-hydrogen) atoms. The van der Waals surface area contributed by atoms with Gasteiger partial charge in [-0.15, -0.1) is 10.2 Å². The lowest BCUT2D eigenvalue weighted by molar-refractivity contribution is -0.116. The van der Waals surface area contributed by atoms with E-state index in [2.05, 4.69) is 15.5 Å². The fraction of sp³-hybridized carbons (Fsp3) is 0.235. The van der Waals surface area contributed by atoms with Gasteiger partial charge in [-0.05, 0) is 42.1 Å². The van der Waals surface area contributed by atoms with Crippen LogP contribution in [-0.4, -0.2) is 42.4 Å². The summed E-state index contributed by atoms with van der Waals surface area (Å²) in [5.74, 6) is -0.766. The van der Waals surface area contributed by atoms with Gasteiger partial charge in [0.25, 0.3) is 0 Å². The Hall–Kier alpha value is -2.21. The van der Waals surface area contributed by atoms with Gasteiger partial charge in [0.15, 0.2) is 0 Å². The Kier molecular flexibility index (Phi) is 6.50. The molecule has 3 aromatic rings. The van der Waals surface area contributed by atoms with E-state index < -0.39 is 15.8 Å². The summed E-state index contributed by atoms with van der Waals surface area (Å²) in [6, 6.07) is 6.55. The predicted octanol–water partition coefficient (Wildman–Crippen LogP) is 3.45. The molecular formula is C17H17FN4O3S3. The number of nitrogens with zero attached hydrogens (tertiary/aromatic N) is 3. The van der Waals surface area contributed by atoms with Crippen LogP contribution in [0.25, 0.3) is 10.6 Å². The smallest absolute Gasteiger partial charge is 0.242 e. The fourth-order valence-electron chi connectivity index (χ4n) is 2.33. The number of nitrogens with one attached hydrogen (secondary N) is 1. The van der Waals surface area contributed by atoms with Gasteiger partial charge in [-0.2, -0.15) is 11.3 Å². The van der Waals surface area contributed by atoms with Gasteiger partial charge in [-0.1, -0.05) is 11.3 Å². The van der Waals surface area contributed by atoms with E-state index in [1.54, 1.807) is 11.3 Å². The number of hydrogen-bond acceptors (Lipinski definition) is 7. The average Bonchev–Trinajstić information content (AvgIpc) is 3.33. The highest BCUT2D eigenvalue weighted by atomic mass is 32.2. The minimum atomic E-state index is -3.72. The minimum absolute atomic E-state index is 0.00988. The molecule has 0 atom stereocenters. The Balaban J connectivity index is 1.49. The molecule has 0 bridgehead atoms. The van der Waals surface area contributed by atoms with Gasteiger partial charge < -0.3 is 5.32 Å². The molecule has 0 fully saturated rings. The maximum Gasteiger partial charge on any atom is 0.242 e. The Morgan fingerprint density at radius 3 is 2.64 bits per heavy atom. The maximum absolute atomic E-state index is 13.0. The van der Waals surface area contributed by atoms with Crippen molar-refractivity contribution < 1.29 is 17.6 Å². The molecule has 1 amide bonds. The Morgan fingerprint density at radius 2 is 1.96 bits per heavy atom. The number of anilines is 1. The van der Waals surface area contributed by atoms with E-state index in [1.165, 1.54) is 30.5 Å². The number of carbonyl (C=O) groups is 1. The van der Waals surface area contributed by atoms with Gasteiger partial charge in [0.2, 0.25) is 21.1 Å². The summed E-state index contributed by atoms with van der Waals surface area (Å²) in [6.07, 6.45) is 0.468. The third-order valence-corrected chi connectivity index (χ3v) is 7.28. The third-order valence-electron chi connectivity index (χ3n) is 3.84. The highest BCUT2D eigenvalue weighted by Gasteiger charge is 2.20. The largest absolute Gasteiger partial charge is 0.301 e. The zero-order chi connectivity index (χ0) is 20.1. The van der Waals surface area contributed by atoms with Crippen molar-refractivity contribution in [1.29, 1.82) is 0 Å². The van der Waals surface area contributed by atoms with E-state index in [-0.39, 0.29) is 23.8 Å². The van der Waals surface area contributed by atoms with Gasteiger partial charge in [0.05, 0.1) is 4.90 Å². The maximum atomic E-state index is 13.0. The van der Waals surface area contributed by atoms with Crippen LogP contribution in [0.4, 0.5) is 9.52 Å². The van der Waals surface area contributed by atoms with Crippen molar-refractivity contribution in [2.45, 2.75) is 17.7 Å². The van der Waals surface area contributed by atoms with E-state index in [1.807, 2.05) is 16.8 Å². The molecule has 0 aliphatic rings. The molecule has 2 aromatic heterocycles. The molecule has 0 unspecified atom stereocenters. The van der Waals surface area contributed by atoms with Crippen molar-refractivity contribution in [3.8, 4) is 10.6 Å². The molecule has 0 saturated heterocycles. The van der Waals surface area contributed by atoms with Crippen molar-refractivity contribution in [3.63, 3.8) is 0 Å². The second-order valence-electron chi connectivity index (χ2n) is 5.86. The van der Waals surface area contributed by atoms with Gasteiger partial charge >= 0.3 is 0 Å². The molecule has 2 heterocycles. The second-order valence-corrected chi connectivity index (χ2v) is 9.66. The van der Waals surface area contributed by atoms with Crippen LogP contribution < -0.4 is 5.32 Å². The molecule has 1 N–H and O–H groups in total. The topological polar surface area (TPSA) is 92.3 Å². The van der Waals surface area contributed by atoms with E-state index >= 15 is 0 Å². The first-order valence-electron chi connectivity index (χ1n) is 8.24. The van der Waals surface area contributed by atoms with Gasteiger partial charge in [0, 0.05) is 31.0 Å². The molecule has 7 nitrogen and oxygen atoms in total. The summed E-state index contributed by atoms with van der Waals surface area (Å²) in [5, 5.41) is 15.7. The SMILES string of the molecule is CN(CCCC(=O)Nc1nnc(-c2ccsc2)s1)S(=O)(=O)c1ccc(F)cc1. The number of hydrogen-bond donors (Lipinski definition) is 1. The Bertz CT molecular complexity index is 1030. The Morgan fingerprint density at radius 1 is 1.21 bits per heavy atom. The van der Waals surface area contributed by atoms with E-state index in [0.717, 1.165) is 27.0 Å². The van der Waals surface area contributed by atoms with Crippen LogP contribution in [0.2, 0.25) is 0 Å². The van der Waals surface area contributed by atoms with Crippen LogP contribution in [0.3, 0.4) is 0 Å². The molecule has 0 saturated carbocycles. The first-order chi connectivity index (χ1) is 13.4. The molecule has 3 rings (SSSR count). The summed E-state index contributed by atoms with van der Waals surface area (Å²) >= 11 is 2.83. The van der Waals surface area contributed by atoms with Gasteiger partial charge in [-0.25, -0.2) is 17.1 Å². The van der Waals surface area contributed by atoms with Gasteiger partial charge in [0.1, 0.15) is 10.8 Å². The van der Waals surface area contributed by atoms with Crippen LogP contribution in [0.1, 0.15) is 12.8 Å². The minimum Gasteiger partial charge on any atom is -0.301 e. The van der Waals surface area contributed by atoms with Crippen LogP contribution in [0.15, 0.2) is 46.0 Å². The lowest BCUT2D eigenvalue weighted by Gasteiger charge is -2.16. The van der Waals surface area contributed by atoms with E-state index in [9.17, 15) is 17.6 Å². The number of carbonyl (C=O) groups excluding carboxylic acids is 1. The normalized spacial score (nSPS) is 11.7. The Labute approximate surface area is 169 Å². The first kappa shape index (κ1) is 20.5. The summed E-state index contributed by atoms with van der Waals surface area (Å²) in [7, 11) is -2.29. The number of amides is 1. The number of sulfonamides is 1. The number of benzene rings is 1. The quantitative estimate of drug-likeness (QED) is 0.579. The molecule has 0 radical (unpaired) electrons. The van der Waals surface area contributed by atoms with Crippen molar-refractivity contribution >= 4 is 43.7 Å². The lowest BCUT2D eigenvalue weighted by atomic mass is 10.3. The van der Waals surface area contributed by atoms with Crippen molar-refractivity contribution in [2.75, 3.05) is 18.9 Å². The van der Waals surface area contributed by atoms with E-state index in [0.29, 0.717) is 11.6 Å². The first-order valence-corrected chi connectivity index (χ1v) is 11.4.